The highest BCUT2D eigenvalue weighted by molar-refractivity contribution is 9.10. The Morgan fingerprint density at radius 3 is 2.59 bits per heavy atom. The van der Waals surface area contributed by atoms with E-state index in [4.69, 9.17) is 14.3 Å². The lowest BCUT2D eigenvalue weighted by Gasteiger charge is -2.38. The number of aromatic hydroxyl groups is 1. The van der Waals surface area contributed by atoms with E-state index >= 15 is 0 Å². The second-order valence-corrected chi connectivity index (χ2v) is 8.31. The van der Waals surface area contributed by atoms with E-state index in [-0.39, 0.29) is 11.8 Å². The molecule has 2 aliphatic rings. The van der Waals surface area contributed by atoms with E-state index in [9.17, 15) is 5.11 Å². The fraction of sp³-hybridized carbons (Fsp3) is 0.150. The average Bonchev–Trinajstić information content (AvgIpc) is 3.32. The molecule has 2 atom stereocenters. The zero-order chi connectivity index (χ0) is 18.5. The molecule has 2 unspecified atom stereocenters. The van der Waals surface area contributed by atoms with Crippen molar-refractivity contribution in [3.8, 4) is 11.5 Å². The Balaban J connectivity index is 1.65. The van der Waals surface area contributed by atoms with E-state index in [0.717, 1.165) is 31.7 Å². The number of halogens is 2. The maximum atomic E-state index is 10.4. The molecule has 5 rings (SSSR count). The molecule has 5 nitrogen and oxygen atoms in total. The summed E-state index contributed by atoms with van der Waals surface area (Å²) in [7, 11) is 0. The third-order valence-electron chi connectivity index (χ3n) is 4.81. The maximum Gasteiger partial charge on any atom is 0.217 e. The van der Waals surface area contributed by atoms with Crippen LogP contribution in [-0.4, -0.2) is 15.8 Å². The third kappa shape index (κ3) is 2.85. The summed E-state index contributed by atoms with van der Waals surface area (Å²) in [6, 6.07) is 15.0. The van der Waals surface area contributed by atoms with Gasteiger partial charge in [0.05, 0.1) is 17.9 Å². The first-order chi connectivity index (χ1) is 13.1. The molecule has 0 aliphatic carbocycles. The number of ether oxygens (including phenoxy) is 1. The van der Waals surface area contributed by atoms with E-state index in [1.807, 2.05) is 35.3 Å². The van der Waals surface area contributed by atoms with E-state index in [1.165, 1.54) is 0 Å². The van der Waals surface area contributed by atoms with Gasteiger partial charge in [0.15, 0.2) is 0 Å². The Morgan fingerprint density at radius 1 is 1.04 bits per heavy atom. The van der Waals surface area contributed by atoms with E-state index in [2.05, 4.69) is 37.9 Å². The fourth-order valence-electron chi connectivity index (χ4n) is 3.58. The molecule has 0 saturated heterocycles. The van der Waals surface area contributed by atoms with Crippen molar-refractivity contribution in [1.29, 1.82) is 0 Å². The predicted octanol–water partition coefficient (Wildman–Crippen LogP) is 5.75. The number of hydrogen-bond donors (Lipinski definition) is 1. The van der Waals surface area contributed by atoms with Crippen LogP contribution in [0.1, 0.15) is 35.6 Å². The summed E-state index contributed by atoms with van der Waals surface area (Å²) < 4.78 is 13.7. The van der Waals surface area contributed by atoms with Crippen LogP contribution in [0.5, 0.6) is 11.5 Å². The second-order valence-electron chi connectivity index (χ2n) is 6.48. The molecule has 1 N–H and O–H groups in total. The number of hydrogen-bond acceptors (Lipinski definition) is 5. The third-order valence-corrected chi connectivity index (χ3v) is 5.80. The molecule has 136 valence electrons. The van der Waals surface area contributed by atoms with Gasteiger partial charge in [0.25, 0.3) is 0 Å². The van der Waals surface area contributed by atoms with Crippen LogP contribution < -0.4 is 4.74 Å². The van der Waals surface area contributed by atoms with Crippen LogP contribution in [0, 0.1) is 0 Å². The van der Waals surface area contributed by atoms with Gasteiger partial charge in [-0.25, -0.2) is 5.01 Å². The zero-order valence-corrected chi connectivity index (χ0v) is 17.1. The number of hydrazone groups is 1. The molecule has 27 heavy (non-hydrogen) atoms. The number of fused-ring (bicyclic) bond motifs is 3. The van der Waals surface area contributed by atoms with Crippen molar-refractivity contribution in [3.05, 3.63) is 80.6 Å². The highest BCUT2D eigenvalue weighted by Crippen LogP contribution is 2.49. The number of rotatable bonds is 2. The first kappa shape index (κ1) is 16.9. The average molecular weight is 490 g/mol. The summed E-state index contributed by atoms with van der Waals surface area (Å²) in [5, 5.41) is 17.2. The number of benzene rings is 2. The molecule has 0 fully saturated rings. The van der Waals surface area contributed by atoms with Crippen molar-refractivity contribution in [3.63, 3.8) is 0 Å². The van der Waals surface area contributed by atoms with Gasteiger partial charge < -0.3 is 14.3 Å². The van der Waals surface area contributed by atoms with Crippen LogP contribution in [0.25, 0.3) is 0 Å². The molecule has 0 radical (unpaired) electrons. The van der Waals surface area contributed by atoms with Crippen LogP contribution in [0.2, 0.25) is 0 Å². The van der Waals surface area contributed by atoms with Crippen LogP contribution in [-0.2, 0) is 0 Å². The SMILES string of the molecule is Oc1ccc(Br)cc1C1Oc2ccc(Br)cc2C2CC(c3ccco3)=NN21. The standard InChI is InChI=1S/C20H14Br2N2O3/c21-11-3-5-17(25)14(9-11)20-24-16(10-15(23-24)19-2-1-7-26-19)13-8-12(22)4-6-18(13)27-20/h1-9,16,20,25H,10H2. The van der Waals surface area contributed by atoms with Crippen molar-refractivity contribution in [2.75, 3.05) is 0 Å². The van der Waals surface area contributed by atoms with Gasteiger partial charge in [-0.3, -0.25) is 0 Å². The van der Waals surface area contributed by atoms with Crippen LogP contribution in [0.15, 0.2) is 73.3 Å². The molecule has 0 bridgehead atoms. The number of furan rings is 1. The summed E-state index contributed by atoms with van der Waals surface area (Å²) in [6.07, 6.45) is 1.81. The lowest BCUT2D eigenvalue weighted by molar-refractivity contribution is -0.0204. The minimum Gasteiger partial charge on any atom is -0.507 e. The van der Waals surface area contributed by atoms with Crippen molar-refractivity contribution in [2.24, 2.45) is 5.10 Å². The van der Waals surface area contributed by atoms with Gasteiger partial charge in [0.1, 0.15) is 23.0 Å². The summed E-state index contributed by atoms with van der Waals surface area (Å²) in [4.78, 5) is 0. The Bertz CT molecular complexity index is 1050. The van der Waals surface area contributed by atoms with Gasteiger partial charge in [-0.15, -0.1) is 0 Å². The molecule has 2 aliphatic heterocycles. The first-order valence-corrected chi connectivity index (χ1v) is 10.0. The lowest BCUT2D eigenvalue weighted by Crippen LogP contribution is -2.33. The minimum absolute atomic E-state index is 0.00488. The van der Waals surface area contributed by atoms with E-state index in [0.29, 0.717) is 12.0 Å². The summed E-state index contributed by atoms with van der Waals surface area (Å²) in [5.41, 5.74) is 2.58. The molecule has 2 aromatic carbocycles. The molecule has 0 amide bonds. The van der Waals surface area contributed by atoms with Gasteiger partial charge in [-0.05, 0) is 48.5 Å². The minimum atomic E-state index is -0.534. The van der Waals surface area contributed by atoms with Gasteiger partial charge >= 0.3 is 0 Å². The van der Waals surface area contributed by atoms with Crippen molar-refractivity contribution in [1.82, 2.24) is 5.01 Å². The molecular weight excluding hydrogens is 476 g/mol. The van der Waals surface area contributed by atoms with Crippen molar-refractivity contribution in [2.45, 2.75) is 18.7 Å². The Hall–Kier alpha value is -2.25. The van der Waals surface area contributed by atoms with Gasteiger partial charge in [0.2, 0.25) is 6.23 Å². The van der Waals surface area contributed by atoms with Crippen LogP contribution >= 0.6 is 31.9 Å². The van der Waals surface area contributed by atoms with Crippen LogP contribution in [0.3, 0.4) is 0 Å². The van der Waals surface area contributed by atoms with Gasteiger partial charge in [-0.2, -0.15) is 5.10 Å². The summed E-state index contributed by atoms with van der Waals surface area (Å²) in [6.45, 7) is 0. The molecule has 7 heteroatoms. The Morgan fingerprint density at radius 2 is 1.81 bits per heavy atom. The highest BCUT2D eigenvalue weighted by Gasteiger charge is 2.42. The molecular formula is C20H14Br2N2O3. The lowest BCUT2D eigenvalue weighted by atomic mass is 9.97. The van der Waals surface area contributed by atoms with Gasteiger partial charge in [-0.1, -0.05) is 31.9 Å². The number of phenolic OH excluding ortho intramolecular Hbond substituents is 1. The topological polar surface area (TPSA) is 58.2 Å². The monoisotopic (exact) mass is 488 g/mol. The summed E-state index contributed by atoms with van der Waals surface area (Å²) in [5.74, 6) is 1.71. The van der Waals surface area contributed by atoms with Crippen molar-refractivity contribution >= 4 is 37.6 Å². The number of phenols is 1. The van der Waals surface area contributed by atoms with Gasteiger partial charge in [0, 0.05) is 20.9 Å². The molecule has 3 heterocycles. The molecule has 1 aromatic heterocycles. The fourth-order valence-corrected chi connectivity index (χ4v) is 4.34. The molecule has 3 aromatic rings. The Kier molecular flexibility index (Phi) is 4.02. The number of nitrogens with zero attached hydrogens (tertiary/aromatic N) is 2. The molecule has 0 spiro atoms. The second kappa shape index (κ2) is 6.42. The Labute approximate surface area is 172 Å². The van der Waals surface area contributed by atoms with E-state index in [1.54, 1.807) is 18.4 Å². The predicted molar refractivity (Wildman–Crippen MR) is 108 cm³/mol. The van der Waals surface area contributed by atoms with E-state index < -0.39 is 6.23 Å². The van der Waals surface area contributed by atoms with Crippen molar-refractivity contribution < 1.29 is 14.3 Å². The maximum absolute atomic E-state index is 10.4. The molecule has 0 saturated carbocycles. The normalized spacial score (nSPS) is 20.7. The smallest absolute Gasteiger partial charge is 0.217 e. The first-order valence-electron chi connectivity index (χ1n) is 8.44. The highest BCUT2D eigenvalue weighted by atomic mass is 79.9. The zero-order valence-electron chi connectivity index (χ0n) is 14.0. The largest absolute Gasteiger partial charge is 0.507 e. The quantitative estimate of drug-likeness (QED) is 0.497. The summed E-state index contributed by atoms with van der Waals surface area (Å²) >= 11 is 7.02. The van der Waals surface area contributed by atoms with Crippen LogP contribution in [0.4, 0.5) is 0 Å².